The molecule has 3 aromatic carbocycles. The number of nitrogens with zero attached hydrogens (tertiary/aromatic N) is 2. The molecule has 0 aliphatic carbocycles. The minimum Gasteiger partial charge on any atom is -0.372 e. The molecular formula is C31H26F6N4O2. The van der Waals surface area contributed by atoms with Gasteiger partial charge in [-0.1, -0.05) is 24.3 Å². The number of piperidine rings is 3. The van der Waals surface area contributed by atoms with E-state index in [9.17, 15) is 35.9 Å². The molecule has 4 unspecified atom stereocenters. The summed E-state index contributed by atoms with van der Waals surface area (Å²) in [5, 5.41) is 6.40. The van der Waals surface area contributed by atoms with E-state index < -0.39 is 46.1 Å². The number of rotatable bonds is 7. The van der Waals surface area contributed by atoms with E-state index in [1.165, 1.54) is 0 Å². The molecule has 2 bridgehead atoms. The Bertz CT molecular complexity index is 1740. The molecule has 0 saturated carbocycles. The van der Waals surface area contributed by atoms with Crippen LogP contribution in [0.2, 0.25) is 0 Å². The van der Waals surface area contributed by atoms with Crippen molar-refractivity contribution in [1.82, 2.24) is 9.88 Å². The van der Waals surface area contributed by atoms with Gasteiger partial charge in [0.1, 0.15) is 11.4 Å². The van der Waals surface area contributed by atoms with E-state index >= 15 is 0 Å². The number of hydrogen-bond acceptors (Lipinski definition) is 6. The summed E-state index contributed by atoms with van der Waals surface area (Å²) in [5.41, 5.74) is -4.71. The van der Waals surface area contributed by atoms with Crippen LogP contribution in [0.5, 0.6) is 0 Å². The third-order valence-corrected chi connectivity index (χ3v) is 8.62. The first-order valence-corrected chi connectivity index (χ1v) is 13.7. The average molecular weight is 601 g/mol. The fraction of sp³-hybridized carbons (Fsp3) is 0.323. The van der Waals surface area contributed by atoms with Crippen LogP contribution in [-0.4, -0.2) is 29.0 Å². The summed E-state index contributed by atoms with van der Waals surface area (Å²) >= 11 is 0. The zero-order chi connectivity index (χ0) is 30.7. The maximum absolute atomic E-state index is 13.4. The van der Waals surface area contributed by atoms with Gasteiger partial charge in [0.2, 0.25) is 0 Å². The van der Waals surface area contributed by atoms with Crippen LogP contribution in [0.3, 0.4) is 0 Å². The first kappa shape index (κ1) is 28.9. The van der Waals surface area contributed by atoms with Crippen molar-refractivity contribution in [2.75, 3.05) is 23.7 Å². The van der Waals surface area contributed by atoms with Gasteiger partial charge < -0.3 is 10.6 Å². The maximum atomic E-state index is 13.4. The van der Waals surface area contributed by atoms with Gasteiger partial charge in [0, 0.05) is 29.9 Å². The molecule has 4 aromatic rings. The minimum atomic E-state index is -5.07. The second-order valence-electron chi connectivity index (χ2n) is 11.1. The topological polar surface area (TPSA) is 74.3 Å². The van der Waals surface area contributed by atoms with Crippen molar-refractivity contribution in [1.29, 1.82) is 0 Å². The van der Waals surface area contributed by atoms with Crippen molar-refractivity contribution in [2.24, 2.45) is 11.8 Å². The number of para-hydroxylation sites is 1. The molecule has 224 valence electrons. The summed E-state index contributed by atoms with van der Waals surface area (Å²) in [6.45, 7) is 5.52. The van der Waals surface area contributed by atoms with Crippen molar-refractivity contribution >= 4 is 28.0 Å². The van der Waals surface area contributed by atoms with Gasteiger partial charge in [0.25, 0.3) is 10.9 Å². The fourth-order valence-corrected chi connectivity index (χ4v) is 6.47. The molecule has 3 aliphatic heterocycles. The quantitative estimate of drug-likeness (QED) is 0.140. The van der Waals surface area contributed by atoms with Crippen LogP contribution >= 0.6 is 0 Å². The predicted octanol–water partition coefficient (Wildman–Crippen LogP) is 6.66. The lowest BCUT2D eigenvalue weighted by molar-refractivity contribution is -0.143. The van der Waals surface area contributed by atoms with Crippen LogP contribution in [0.25, 0.3) is 10.9 Å². The number of fused-ring (bicyclic) bond motifs is 4. The second-order valence-corrected chi connectivity index (χ2v) is 11.1. The average Bonchev–Trinajstić information content (AvgIpc) is 2.99. The molecule has 0 radical (unpaired) electrons. The van der Waals surface area contributed by atoms with Gasteiger partial charge in [-0.2, -0.15) is 26.3 Å². The van der Waals surface area contributed by atoms with Crippen molar-refractivity contribution in [3.05, 3.63) is 105 Å². The summed E-state index contributed by atoms with van der Waals surface area (Å²) in [6, 6.07) is 9.52. The molecule has 12 heteroatoms. The molecule has 3 aliphatic rings. The largest absolute Gasteiger partial charge is 0.416 e. The van der Waals surface area contributed by atoms with Gasteiger partial charge in [-0.3, -0.25) is 19.5 Å². The number of pyridine rings is 1. The smallest absolute Gasteiger partial charge is 0.372 e. The summed E-state index contributed by atoms with van der Waals surface area (Å²) in [4.78, 5) is 32.3. The first-order valence-electron chi connectivity index (χ1n) is 13.7. The van der Waals surface area contributed by atoms with Gasteiger partial charge in [-0.25, -0.2) is 0 Å². The Morgan fingerprint density at radius 3 is 2.26 bits per heavy atom. The number of alkyl halides is 6. The lowest BCUT2D eigenvalue weighted by atomic mass is 9.73. The minimum absolute atomic E-state index is 0.000122. The van der Waals surface area contributed by atoms with Crippen LogP contribution in [0.15, 0.2) is 77.0 Å². The molecule has 1 aromatic heterocycles. The molecule has 4 heterocycles. The Morgan fingerprint density at radius 1 is 0.953 bits per heavy atom. The Morgan fingerprint density at radius 2 is 1.63 bits per heavy atom. The molecule has 6 nitrogen and oxygen atoms in total. The standard InChI is InChI=1S/C31H26F6N4O2/c1-2-16-15-41-10-8-17(16)11-24(41)25(22-7-9-38-23-6-4-3-5-21(22)23)40-27-26(28(42)29(27)43)39-20-13-18(30(32,33)34)12-19(14-20)31(35,36)37/h2-7,9,12-14,16-17,24-25,39-40H,1,8,10-11,15H2/t16?,17?,24?,25-/m1/s1. The molecule has 0 spiro atoms. The summed E-state index contributed by atoms with van der Waals surface area (Å²) in [7, 11) is 0. The van der Waals surface area contributed by atoms with Gasteiger partial charge >= 0.3 is 12.4 Å². The van der Waals surface area contributed by atoms with E-state index in [1.54, 1.807) is 6.20 Å². The van der Waals surface area contributed by atoms with Crippen LogP contribution in [0, 0.1) is 11.8 Å². The molecule has 7 rings (SSSR count). The van der Waals surface area contributed by atoms with Crippen LogP contribution in [0.1, 0.15) is 35.6 Å². The van der Waals surface area contributed by atoms with Gasteiger partial charge in [-0.15, -0.1) is 6.58 Å². The number of aromatic nitrogens is 1. The summed E-state index contributed by atoms with van der Waals surface area (Å²) in [5.74, 6) is 0.646. The van der Waals surface area contributed by atoms with E-state index in [0.717, 1.165) is 36.9 Å². The highest BCUT2D eigenvalue weighted by Crippen LogP contribution is 2.44. The molecule has 2 N–H and O–H groups in total. The Labute approximate surface area is 241 Å². The molecular weight excluding hydrogens is 574 g/mol. The number of halogens is 6. The fourth-order valence-electron chi connectivity index (χ4n) is 6.47. The molecule has 3 saturated heterocycles. The Balaban J connectivity index is 1.41. The van der Waals surface area contributed by atoms with E-state index in [2.05, 4.69) is 27.1 Å². The van der Waals surface area contributed by atoms with E-state index in [1.807, 2.05) is 36.4 Å². The first-order chi connectivity index (χ1) is 20.3. The monoisotopic (exact) mass is 600 g/mol. The third kappa shape index (κ3) is 5.28. The lowest BCUT2D eigenvalue weighted by Crippen LogP contribution is -2.56. The normalized spacial score (nSPS) is 22.9. The molecule has 3 fully saturated rings. The van der Waals surface area contributed by atoms with Crippen molar-refractivity contribution in [3.63, 3.8) is 0 Å². The van der Waals surface area contributed by atoms with Crippen molar-refractivity contribution in [3.8, 4) is 0 Å². The van der Waals surface area contributed by atoms with E-state index in [4.69, 9.17) is 0 Å². The highest BCUT2D eigenvalue weighted by molar-refractivity contribution is 5.84. The number of anilines is 3. The zero-order valence-corrected chi connectivity index (χ0v) is 22.6. The maximum Gasteiger partial charge on any atom is 0.416 e. The Hall–Kier alpha value is -4.19. The summed E-state index contributed by atoms with van der Waals surface area (Å²) in [6.07, 6.45) is -4.83. The molecule has 0 amide bonds. The van der Waals surface area contributed by atoms with Crippen LogP contribution < -0.4 is 21.5 Å². The Kier molecular flexibility index (Phi) is 7.07. The highest BCUT2D eigenvalue weighted by Gasteiger charge is 2.44. The van der Waals surface area contributed by atoms with E-state index in [-0.39, 0.29) is 23.5 Å². The number of nitrogens with one attached hydrogen (secondary N) is 2. The van der Waals surface area contributed by atoms with Gasteiger partial charge in [-0.05, 0) is 67.1 Å². The van der Waals surface area contributed by atoms with Crippen molar-refractivity contribution in [2.45, 2.75) is 37.3 Å². The number of benzene rings is 2. The van der Waals surface area contributed by atoms with Crippen LogP contribution in [-0.2, 0) is 12.4 Å². The highest BCUT2D eigenvalue weighted by atomic mass is 19.4. The van der Waals surface area contributed by atoms with Gasteiger partial charge in [0.15, 0.2) is 0 Å². The SMILES string of the molecule is C=CC1CN2CCC1CC2[C@H](Nc1c(Nc2cc(C(F)(F)F)cc(C(F)(F)F)c2)c(=O)c1=O)c1ccnc2ccccc12. The molecule has 5 atom stereocenters. The summed E-state index contributed by atoms with van der Waals surface area (Å²) < 4.78 is 80.7. The van der Waals surface area contributed by atoms with Gasteiger partial charge in [0.05, 0.1) is 22.7 Å². The third-order valence-electron chi connectivity index (χ3n) is 8.62. The van der Waals surface area contributed by atoms with Crippen LogP contribution in [0.4, 0.5) is 43.4 Å². The van der Waals surface area contributed by atoms with E-state index in [0.29, 0.717) is 29.5 Å². The second kappa shape index (κ2) is 10.5. The molecule has 43 heavy (non-hydrogen) atoms. The van der Waals surface area contributed by atoms with Crippen molar-refractivity contribution < 1.29 is 26.3 Å². The predicted molar refractivity (Wildman–Crippen MR) is 151 cm³/mol. The number of hydrogen-bond donors (Lipinski definition) is 2. The lowest BCUT2D eigenvalue weighted by Gasteiger charge is -2.52. The zero-order valence-electron chi connectivity index (χ0n) is 22.6.